The van der Waals surface area contributed by atoms with E-state index in [2.05, 4.69) is 25.5 Å². The zero-order valence-corrected chi connectivity index (χ0v) is 12.1. The first kappa shape index (κ1) is 13.3. The molecule has 0 aliphatic carbocycles. The Labute approximate surface area is 129 Å². The van der Waals surface area contributed by atoms with E-state index in [9.17, 15) is 4.79 Å². The average Bonchev–Trinajstić information content (AvgIpc) is 3.19. The lowest BCUT2D eigenvalue weighted by Gasteiger charge is -1.96. The number of rotatable bonds is 3. The standard InChI is InChI=1S/C14H11N7O2/c1-20-14(22)21-8-15-11(12(21)17-19-20)13-18-16-10(23-13)7-9-5-3-2-4-6-9/h2-6,8H,7H2,1H3. The van der Waals surface area contributed by atoms with Crippen molar-refractivity contribution in [2.24, 2.45) is 7.05 Å². The predicted molar refractivity (Wildman–Crippen MR) is 78.6 cm³/mol. The number of aromatic nitrogens is 7. The molecule has 0 saturated carbocycles. The summed E-state index contributed by atoms with van der Waals surface area (Å²) in [5.74, 6) is 0.671. The van der Waals surface area contributed by atoms with Gasteiger partial charge in [-0.1, -0.05) is 35.5 Å². The molecule has 23 heavy (non-hydrogen) atoms. The highest BCUT2D eigenvalue weighted by Crippen LogP contribution is 2.20. The summed E-state index contributed by atoms with van der Waals surface area (Å²) < 4.78 is 8.03. The van der Waals surface area contributed by atoms with Crippen molar-refractivity contribution >= 4 is 5.65 Å². The SMILES string of the molecule is Cn1nnc2c(-c3nnc(Cc4ccccc4)o3)ncn2c1=O. The molecular weight excluding hydrogens is 298 g/mol. The second-order valence-corrected chi connectivity index (χ2v) is 4.95. The smallest absolute Gasteiger partial charge is 0.352 e. The summed E-state index contributed by atoms with van der Waals surface area (Å²) in [6, 6.07) is 9.79. The molecule has 0 amide bonds. The number of nitrogens with zero attached hydrogens (tertiary/aromatic N) is 7. The number of hydrogen-bond acceptors (Lipinski definition) is 7. The maximum absolute atomic E-state index is 11.9. The second-order valence-electron chi connectivity index (χ2n) is 4.95. The highest BCUT2D eigenvalue weighted by Gasteiger charge is 2.17. The number of fused-ring (bicyclic) bond motifs is 1. The lowest BCUT2D eigenvalue weighted by atomic mass is 10.2. The van der Waals surface area contributed by atoms with Crippen molar-refractivity contribution in [1.29, 1.82) is 0 Å². The normalized spacial score (nSPS) is 11.2. The number of aryl methyl sites for hydroxylation is 1. The van der Waals surface area contributed by atoms with Crippen LogP contribution in [-0.2, 0) is 13.5 Å². The van der Waals surface area contributed by atoms with Gasteiger partial charge in [0.1, 0.15) is 6.33 Å². The molecule has 1 aromatic carbocycles. The zero-order valence-electron chi connectivity index (χ0n) is 12.1. The van der Waals surface area contributed by atoms with Crippen LogP contribution in [0.15, 0.2) is 45.9 Å². The Morgan fingerprint density at radius 3 is 2.78 bits per heavy atom. The van der Waals surface area contributed by atoms with Gasteiger partial charge < -0.3 is 4.42 Å². The van der Waals surface area contributed by atoms with Crippen molar-refractivity contribution in [1.82, 2.24) is 34.6 Å². The Morgan fingerprint density at radius 2 is 1.96 bits per heavy atom. The van der Waals surface area contributed by atoms with E-state index in [0.29, 0.717) is 18.0 Å². The van der Waals surface area contributed by atoms with Gasteiger partial charge in [-0.3, -0.25) is 0 Å². The average molecular weight is 309 g/mol. The highest BCUT2D eigenvalue weighted by molar-refractivity contribution is 5.66. The van der Waals surface area contributed by atoms with Gasteiger partial charge in [-0.25, -0.2) is 14.2 Å². The van der Waals surface area contributed by atoms with Gasteiger partial charge in [0.2, 0.25) is 5.89 Å². The molecule has 9 heteroatoms. The van der Waals surface area contributed by atoms with Crippen LogP contribution in [-0.4, -0.2) is 34.6 Å². The molecule has 0 radical (unpaired) electrons. The summed E-state index contributed by atoms with van der Waals surface area (Å²) in [6.45, 7) is 0. The lowest BCUT2D eigenvalue weighted by molar-refractivity contribution is 0.517. The molecule has 3 heterocycles. The first-order chi connectivity index (χ1) is 11.2. The van der Waals surface area contributed by atoms with Crippen molar-refractivity contribution in [3.8, 4) is 11.6 Å². The molecule has 0 fully saturated rings. The molecule has 0 spiro atoms. The van der Waals surface area contributed by atoms with Gasteiger partial charge >= 0.3 is 5.69 Å². The van der Waals surface area contributed by atoms with Crippen LogP contribution in [0, 0.1) is 0 Å². The first-order valence-electron chi connectivity index (χ1n) is 6.86. The molecule has 3 aromatic heterocycles. The predicted octanol–water partition coefficient (Wildman–Crippen LogP) is 0.464. The van der Waals surface area contributed by atoms with Crippen LogP contribution < -0.4 is 5.69 Å². The van der Waals surface area contributed by atoms with E-state index in [4.69, 9.17) is 4.42 Å². The van der Waals surface area contributed by atoms with Crippen molar-refractivity contribution in [3.05, 3.63) is 58.6 Å². The van der Waals surface area contributed by atoms with Crippen molar-refractivity contribution in [2.75, 3.05) is 0 Å². The fourth-order valence-electron chi connectivity index (χ4n) is 2.22. The number of hydrogen-bond donors (Lipinski definition) is 0. The monoisotopic (exact) mass is 309 g/mol. The van der Waals surface area contributed by atoms with Crippen molar-refractivity contribution < 1.29 is 4.42 Å². The van der Waals surface area contributed by atoms with E-state index in [1.807, 2.05) is 30.3 Å². The van der Waals surface area contributed by atoms with Crippen LogP contribution in [0.1, 0.15) is 11.5 Å². The van der Waals surface area contributed by atoms with E-state index >= 15 is 0 Å². The molecule has 0 bridgehead atoms. The van der Waals surface area contributed by atoms with E-state index in [1.165, 1.54) is 17.8 Å². The molecule has 0 aliphatic rings. The molecule has 4 rings (SSSR count). The molecule has 0 unspecified atom stereocenters. The van der Waals surface area contributed by atoms with Gasteiger partial charge in [-0.05, 0) is 5.56 Å². The van der Waals surface area contributed by atoms with Crippen LogP contribution in [0.25, 0.3) is 17.2 Å². The summed E-state index contributed by atoms with van der Waals surface area (Å²) in [5, 5.41) is 15.7. The summed E-state index contributed by atoms with van der Waals surface area (Å²) >= 11 is 0. The molecule has 114 valence electrons. The minimum atomic E-state index is -0.349. The molecule has 0 aliphatic heterocycles. The molecule has 0 saturated heterocycles. The summed E-state index contributed by atoms with van der Waals surface area (Å²) in [5.41, 5.74) is 1.33. The molecule has 0 N–H and O–H groups in total. The maximum Gasteiger partial charge on any atom is 0.352 e. The molecular formula is C14H11N7O2. The second kappa shape index (κ2) is 5.13. The Balaban J connectivity index is 1.72. The Kier molecular flexibility index (Phi) is 2.97. The third-order valence-corrected chi connectivity index (χ3v) is 3.37. The van der Waals surface area contributed by atoms with E-state index in [1.54, 1.807) is 0 Å². The van der Waals surface area contributed by atoms with Crippen LogP contribution in [0.5, 0.6) is 0 Å². The zero-order chi connectivity index (χ0) is 15.8. The van der Waals surface area contributed by atoms with Crippen LogP contribution in [0.3, 0.4) is 0 Å². The van der Waals surface area contributed by atoms with Crippen LogP contribution in [0.2, 0.25) is 0 Å². The van der Waals surface area contributed by atoms with E-state index in [-0.39, 0.29) is 17.2 Å². The van der Waals surface area contributed by atoms with Gasteiger partial charge in [0.15, 0.2) is 11.3 Å². The summed E-state index contributed by atoms with van der Waals surface area (Å²) in [7, 11) is 1.51. The minimum absolute atomic E-state index is 0.209. The maximum atomic E-state index is 11.9. The Morgan fingerprint density at radius 1 is 1.13 bits per heavy atom. The third kappa shape index (κ3) is 2.27. The molecule has 0 atom stereocenters. The molecule has 4 aromatic rings. The van der Waals surface area contributed by atoms with Gasteiger partial charge in [0.25, 0.3) is 5.89 Å². The first-order valence-corrected chi connectivity index (χ1v) is 6.86. The Hall–Kier alpha value is -3.36. The number of benzene rings is 1. The third-order valence-electron chi connectivity index (χ3n) is 3.37. The van der Waals surface area contributed by atoms with E-state index in [0.717, 1.165) is 10.2 Å². The topological polar surface area (TPSA) is 104 Å². The fourth-order valence-corrected chi connectivity index (χ4v) is 2.22. The highest BCUT2D eigenvalue weighted by atomic mass is 16.4. The lowest BCUT2D eigenvalue weighted by Crippen LogP contribution is -2.26. The fraction of sp³-hybridized carbons (Fsp3) is 0.143. The van der Waals surface area contributed by atoms with Crippen LogP contribution >= 0.6 is 0 Å². The van der Waals surface area contributed by atoms with Crippen molar-refractivity contribution in [2.45, 2.75) is 6.42 Å². The quantitative estimate of drug-likeness (QED) is 0.541. The van der Waals surface area contributed by atoms with Gasteiger partial charge in [-0.2, -0.15) is 4.68 Å². The summed E-state index contributed by atoms with van der Waals surface area (Å²) in [6.07, 6.45) is 1.88. The number of imidazole rings is 1. The summed E-state index contributed by atoms with van der Waals surface area (Å²) in [4.78, 5) is 16.1. The van der Waals surface area contributed by atoms with E-state index < -0.39 is 0 Å². The Bertz CT molecular complexity index is 1030. The molecule has 9 nitrogen and oxygen atoms in total. The minimum Gasteiger partial charge on any atom is -0.419 e. The van der Waals surface area contributed by atoms with Gasteiger partial charge in [0.05, 0.1) is 6.42 Å². The van der Waals surface area contributed by atoms with Gasteiger partial charge in [0, 0.05) is 7.05 Å². The van der Waals surface area contributed by atoms with Crippen LogP contribution in [0.4, 0.5) is 0 Å². The van der Waals surface area contributed by atoms with Crippen molar-refractivity contribution in [3.63, 3.8) is 0 Å². The largest absolute Gasteiger partial charge is 0.419 e. The van der Waals surface area contributed by atoms with Gasteiger partial charge in [-0.15, -0.1) is 15.3 Å².